The molecule has 0 heterocycles. The molecule has 0 saturated heterocycles. The number of aliphatic hydroxyl groups excluding tert-OH is 2. The molecule has 0 aromatic heterocycles. The molecule has 0 spiro atoms. The van der Waals surface area contributed by atoms with Gasteiger partial charge in [0.25, 0.3) is 0 Å². The minimum atomic E-state index is -0.877. The summed E-state index contributed by atoms with van der Waals surface area (Å²) in [5.74, 6) is -0.173. The van der Waals surface area contributed by atoms with Crippen molar-refractivity contribution in [2.45, 2.75) is 309 Å². The molecule has 6 nitrogen and oxygen atoms in total. The average molecular weight is 901 g/mol. The van der Waals surface area contributed by atoms with E-state index in [0.29, 0.717) is 19.4 Å². The van der Waals surface area contributed by atoms with Gasteiger partial charge in [0.05, 0.1) is 25.4 Å². The maximum absolute atomic E-state index is 12.4. The van der Waals surface area contributed by atoms with Crippen LogP contribution in [-0.2, 0) is 14.3 Å². The zero-order chi connectivity index (χ0) is 46.5. The van der Waals surface area contributed by atoms with Gasteiger partial charge in [-0.15, -0.1) is 0 Å². The molecular formula is C58H109NO5. The fourth-order valence-electron chi connectivity index (χ4n) is 8.51. The maximum Gasteiger partial charge on any atom is 0.305 e. The average Bonchev–Trinajstić information content (AvgIpc) is 3.29. The summed E-state index contributed by atoms with van der Waals surface area (Å²) in [5.41, 5.74) is 0. The zero-order valence-corrected chi connectivity index (χ0v) is 42.8. The van der Waals surface area contributed by atoms with Crippen molar-refractivity contribution in [3.8, 4) is 0 Å². The molecule has 376 valence electrons. The van der Waals surface area contributed by atoms with Gasteiger partial charge in [0.1, 0.15) is 0 Å². The van der Waals surface area contributed by atoms with Gasteiger partial charge in [-0.2, -0.15) is 0 Å². The summed E-state index contributed by atoms with van der Waals surface area (Å²) in [6, 6.07) is -0.667. The number of carbonyl (C=O) groups is 2. The van der Waals surface area contributed by atoms with E-state index in [1.807, 2.05) is 6.08 Å². The van der Waals surface area contributed by atoms with E-state index in [0.717, 1.165) is 70.6 Å². The van der Waals surface area contributed by atoms with Gasteiger partial charge in [-0.25, -0.2) is 0 Å². The van der Waals surface area contributed by atoms with Crippen LogP contribution in [0.5, 0.6) is 0 Å². The minimum Gasteiger partial charge on any atom is -0.466 e. The van der Waals surface area contributed by atoms with E-state index in [1.54, 1.807) is 6.08 Å². The lowest BCUT2D eigenvalue weighted by atomic mass is 10.0. The van der Waals surface area contributed by atoms with Gasteiger partial charge in [0.15, 0.2) is 0 Å². The highest BCUT2D eigenvalue weighted by Crippen LogP contribution is 2.16. The van der Waals surface area contributed by atoms with Crippen LogP contribution in [-0.4, -0.2) is 47.4 Å². The first kappa shape index (κ1) is 62.1. The van der Waals surface area contributed by atoms with E-state index in [-0.39, 0.29) is 18.5 Å². The van der Waals surface area contributed by atoms with Gasteiger partial charge in [-0.1, -0.05) is 243 Å². The summed E-state index contributed by atoms with van der Waals surface area (Å²) in [7, 11) is 0. The Kier molecular flexibility index (Phi) is 52.1. The molecule has 2 atom stereocenters. The molecule has 0 bridgehead atoms. The number of allylic oxidation sites excluding steroid dienone is 5. The van der Waals surface area contributed by atoms with Crippen LogP contribution in [0.4, 0.5) is 0 Å². The van der Waals surface area contributed by atoms with Crippen molar-refractivity contribution in [2.75, 3.05) is 13.2 Å². The number of aliphatic hydroxyl groups is 2. The van der Waals surface area contributed by atoms with E-state index >= 15 is 0 Å². The van der Waals surface area contributed by atoms with Gasteiger partial charge in [0, 0.05) is 12.8 Å². The third-order valence-corrected chi connectivity index (χ3v) is 12.9. The molecule has 0 aromatic carbocycles. The summed E-state index contributed by atoms with van der Waals surface area (Å²) in [6.45, 7) is 4.81. The van der Waals surface area contributed by atoms with Crippen molar-refractivity contribution in [3.63, 3.8) is 0 Å². The fourth-order valence-corrected chi connectivity index (χ4v) is 8.51. The van der Waals surface area contributed by atoms with Crippen molar-refractivity contribution >= 4 is 11.9 Å². The van der Waals surface area contributed by atoms with Crippen LogP contribution in [0.15, 0.2) is 36.5 Å². The lowest BCUT2D eigenvalue weighted by Gasteiger charge is -2.19. The SMILES string of the molecule is CCCCCCCC/C=C\CCCCCCCC(=O)OCCCCCC/C=C\CCCC(=O)NC(CO)C(O)/C=C/CCCCCCCCCCCCCCCCCCCCCCC. The van der Waals surface area contributed by atoms with Gasteiger partial charge in [0.2, 0.25) is 5.91 Å². The minimum absolute atomic E-state index is 0.0457. The Labute approximate surface area is 398 Å². The first-order valence-electron chi connectivity index (χ1n) is 28.3. The Balaban J connectivity index is 3.56. The molecule has 0 aliphatic heterocycles. The van der Waals surface area contributed by atoms with Gasteiger partial charge in [-0.05, 0) is 77.0 Å². The van der Waals surface area contributed by atoms with E-state index in [4.69, 9.17) is 4.74 Å². The summed E-state index contributed by atoms with van der Waals surface area (Å²) in [6.07, 6.45) is 66.0. The Hall–Kier alpha value is -1.92. The van der Waals surface area contributed by atoms with E-state index < -0.39 is 12.1 Å². The lowest BCUT2D eigenvalue weighted by Crippen LogP contribution is -2.45. The standard InChI is InChI=1S/C58H109NO5/c1-3-5-7-9-11-13-15-17-19-20-21-22-23-24-25-26-28-29-31-34-38-42-46-50-56(61)55(54-60)59-57(62)51-47-43-39-35-33-37-41-45-49-53-64-58(63)52-48-44-40-36-32-30-27-18-16-14-12-10-8-6-4-2/h18,27,35,39,46,50,55-56,60-61H,3-17,19-26,28-34,36-38,40-45,47-49,51-54H2,1-2H3,(H,59,62)/b27-18-,39-35-,50-46+. The molecule has 64 heavy (non-hydrogen) atoms. The van der Waals surface area contributed by atoms with E-state index in [2.05, 4.69) is 43.5 Å². The van der Waals surface area contributed by atoms with Crippen LogP contribution in [0.2, 0.25) is 0 Å². The van der Waals surface area contributed by atoms with Crippen molar-refractivity contribution in [2.24, 2.45) is 0 Å². The highest BCUT2D eigenvalue weighted by atomic mass is 16.5. The van der Waals surface area contributed by atoms with Crippen LogP contribution >= 0.6 is 0 Å². The Morgan fingerprint density at radius 2 is 0.750 bits per heavy atom. The number of hydrogen-bond acceptors (Lipinski definition) is 5. The monoisotopic (exact) mass is 900 g/mol. The molecule has 6 heteroatoms. The number of esters is 1. The second-order valence-electron chi connectivity index (χ2n) is 19.3. The second-order valence-corrected chi connectivity index (χ2v) is 19.3. The molecule has 1 amide bonds. The molecular weight excluding hydrogens is 791 g/mol. The number of unbranched alkanes of at least 4 members (excludes halogenated alkanes) is 37. The summed E-state index contributed by atoms with van der Waals surface area (Å²) < 4.78 is 5.44. The number of ether oxygens (including phenoxy) is 1. The summed E-state index contributed by atoms with van der Waals surface area (Å²) in [4.78, 5) is 24.5. The number of amides is 1. The van der Waals surface area contributed by atoms with Crippen LogP contribution in [0.3, 0.4) is 0 Å². The van der Waals surface area contributed by atoms with E-state index in [1.165, 1.54) is 199 Å². The zero-order valence-electron chi connectivity index (χ0n) is 42.8. The van der Waals surface area contributed by atoms with Gasteiger partial charge < -0.3 is 20.3 Å². The lowest BCUT2D eigenvalue weighted by molar-refractivity contribution is -0.143. The van der Waals surface area contributed by atoms with Crippen LogP contribution in [0, 0.1) is 0 Å². The largest absolute Gasteiger partial charge is 0.466 e. The summed E-state index contributed by atoms with van der Waals surface area (Å²) >= 11 is 0. The highest BCUT2D eigenvalue weighted by molar-refractivity contribution is 5.76. The molecule has 0 rings (SSSR count). The first-order chi connectivity index (χ1) is 31.5. The predicted octanol–water partition coefficient (Wildman–Crippen LogP) is 17.2. The Morgan fingerprint density at radius 1 is 0.422 bits per heavy atom. The normalized spacial score (nSPS) is 12.9. The van der Waals surface area contributed by atoms with Crippen molar-refractivity contribution in [1.82, 2.24) is 5.32 Å². The quantitative estimate of drug-likeness (QED) is 0.0321. The second kappa shape index (κ2) is 53.7. The van der Waals surface area contributed by atoms with Crippen molar-refractivity contribution in [3.05, 3.63) is 36.5 Å². The van der Waals surface area contributed by atoms with Crippen LogP contribution in [0.1, 0.15) is 296 Å². The third-order valence-electron chi connectivity index (χ3n) is 12.9. The van der Waals surface area contributed by atoms with Crippen LogP contribution < -0.4 is 5.32 Å². The molecule has 0 aliphatic rings. The molecule has 2 unspecified atom stereocenters. The van der Waals surface area contributed by atoms with Crippen molar-refractivity contribution < 1.29 is 24.5 Å². The fraction of sp³-hybridized carbons (Fsp3) is 0.862. The number of hydrogen-bond donors (Lipinski definition) is 3. The molecule has 0 saturated carbocycles. The van der Waals surface area contributed by atoms with Crippen molar-refractivity contribution in [1.29, 1.82) is 0 Å². The van der Waals surface area contributed by atoms with Gasteiger partial charge in [-0.3, -0.25) is 9.59 Å². The Morgan fingerprint density at radius 3 is 1.14 bits per heavy atom. The molecule has 0 aromatic rings. The topological polar surface area (TPSA) is 95.9 Å². The smallest absolute Gasteiger partial charge is 0.305 e. The molecule has 0 radical (unpaired) electrons. The third kappa shape index (κ3) is 49.5. The predicted molar refractivity (Wildman–Crippen MR) is 278 cm³/mol. The Bertz CT molecular complexity index is 1040. The number of nitrogens with one attached hydrogen (secondary N) is 1. The molecule has 0 aliphatic carbocycles. The molecule has 3 N–H and O–H groups in total. The van der Waals surface area contributed by atoms with E-state index in [9.17, 15) is 19.8 Å². The van der Waals surface area contributed by atoms with Gasteiger partial charge >= 0.3 is 5.97 Å². The van der Waals surface area contributed by atoms with Crippen LogP contribution in [0.25, 0.3) is 0 Å². The maximum atomic E-state index is 12.4. The number of carbonyl (C=O) groups excluding carboxylic acids is 2. The highest BCUT2D eigenvalue weighted by Gasteiger charge is 2.18. The number of rotatable bonds is 52. The summed E-state index contributed by atoms with van der Waals surface area (Å²) in [5, 5.41) is 23.1. The molecule has 0 fully saturated rings. The first-order valence-corrected chi connectivity index (χ1v) is 28.3.